The van der Waals surface area contributed by atoms with Crippen molar-refractivity contribution in [3.05, 3.63) is 95.3 Å². The highest BCUT2D eigenvalue weighted by atomic mass is 16.6. The minimum atomic E-state index is -1.13. The SMILES string of the molecule is CCn1c(C)cc(O)c(C(c2ccc([N+](=O)[O-])cc2)c2c(O)cc(C)n(CC)c2=O)c1=O. The highest BCUT2D eigenvalue weighted by molar-refractivity contribution is 5.53. The van der Waals surface area contributed by atoms with Crippen molar-refractivity contribution < 1.29 is 15.1 Å². The lowest BCUT2D eigenvalue weighted by molar-refractivity contribution is -0.384. The molecule has 3 rings (SSSR count). The van der Waals surface area contributed by atoms with Crippen LogP contribution in [0.3, 0.4) is 0 Å². The Kier molecular flexibility index (Phi) is 6.20. The molecule has 1 aromatic carbocycles. The summed E-state index contributed by atoms with van der Waals surface area (Å²) in [5, 5.41) is 32.7. The van der Waals surface area contributed by atoms with Gasteiger partial charge >= 0.3 is 0 Å². The second-order valence-corrected chi connectivity index (χ2v) is 7.55. The van der Waals surface area contributed by atoms with E-state index in [1.807, 2.05) is 0 Å². The van der Waals surface area contributed by atoms with Crippen LogP contribution >= 0.6 is 0 Å². The second kappa shape index (κ2) is 8.70. The van der Waals surface area contributed by atoms with Crippen LogP contribution in [0.5, 0.6) is 11.5 Å². The average Bonchev–Trinajstić information content (AvgIpc) is 2.72. The molecule has 2 N–H and O–H groups in total. The molecule has 168 valence electrons. The number of aromatic hydroxyl groups is 2. The third-order valence-corrected chi connectivity index (χ3v) is 5.69. The second-order valence-electron chi connectivity index (χ2n) is 7.55. The van der Waals surface area contributed by atoms with E-state index in [9.17, 15) is 29.9 Å². The van der Waals surface area contributed by atoms with Gasteiger partial charge in [0.1, 0.15) is 11.5 Å². The van der Waals surface area contributed by atoms with Crippen LogP contribution in [-0.2, 0) is 13.1 Å². The molecule has 0 fully saturated rings. The van der Waals surface area contributed by atoms with Crippen molar-refractivity contribution in [1.29, 1.82) is 0 Å². The summed E-state index contributed by atoms with van der Waals surface area (Å²) >= 11 is 0. The molecule has 0 aliphatic heterocycles. The topological polar surface area (TPSA) is 128 Å². The number of benzene rings is 1. The highest BCUT2D eigenvalue weighted by Gasteiger charge is 2.31. The lowest BCUT2D eigenvalue weighted by atomic mass is 9.84. The van der Waals surface area contributed by atoms with Gasteiger partial charge < -0.3 is 19.3 Å². The molecule has 0 aliphatic rings. The van der Waals surface area contributed by atoms with Crippen molar-refractivity contribution in [2.75, 3.05) is 0 Å². The molecule has 0 atom stereocenters. The smallest absolute Gasteiger partial charge is 0.269 e. The molecule has 0 amide bonds. The summed E-state index contributed by atoms with van der Waals surface area (Å²) in [5.74, 6) is -1.77. The molecular weight excluding hydrogens is 414 g/mol. The molecule has 0 bridgehead atoms. The summed E-state index contributed by atoms with van der Waals surface area (Å²) < 4.78 is 2.91. The molecule has 2 aromatic heterocycles. The fraction of sp³-hybridized carbons (Fsp3) is 0.304. The molecule has 0 unspecified atom stereocenters. The van der Waals surface area contributed by atoms with E-state index < -0.39 is 22.0 Å². The predicted octanol–water partition coefficient (Wildman–Crippen LogP) is 3.17. The third kappa shape index (κ3) is 3.77. The Bertz CT molecular complexity index is 1230. The standard InChI is InChI=1S/C23H25N3O6/c1-5-24-13(3)11-17(27)20(22(24)29)19(15-7-9-16(10-8-15)26(31)32)21-18(28)12-14(4)25(6-2)23(21)30/h7-12,19,27-28H,5-6H2,1-4H3. The first-order chi connectivity index (χ1) is 15.1. The molecule has 3 aromatic rings. The zero-order chi connectivity index (χ0) is 23.7. The number of hydrogen-bond donors (Lipinski definition) is 2. The number of nitro benzene ring substituents is 1. The third-order valence-electron chi connectivity index (χ3n) is 5.69. The van der Waals surface area contributed by atoms with Gasteiger partial charge in [-0.1, -0.05) is 12.1 Å². The number of pyridine rings is 2. The van der Waals surface area contributed by atoms with Crippen molar-refractivity contribution >= 4 is 5.69 Å². The van der Waals surface area contributed by atoms with Gasteiger partial charge in [-0.15, -0.1) is 0 Å². The van der Waals surface area contributed by atoms with Crippen molar-refractivity contribution in [1.82, 2.24) is 9.13 Å². The zero-order valence-corrected chi connectivity index (χ0v) is 18.3. The highest BCUT2D eigenvalue weighted by Crippen LogP contribution is 2.38. The van der Waals surface area contributed by atoms with Crippen molar-refractivity contribution in [2.24, 2.45) is 0 Å². The van der Waals surface area contributed by atoms with Gasteiger partial charge in [0.05, 0.1) is 22.0 Å². The number of rotatable bonds is 6. The summed E-state index contributed by atoms with van der Waals surface area (Å²) in [7, 11) is 0. The van der Waals surface area contributed by atoms with Gasteiger partial charge in [0.25, 0.3) is 16.8 Å². The Labute approximate surface area is 184 Å². The van der Waals surface area contributed by atoms with Gasteiger partial charge in [-0.2, -0.15) is 0 Å². The summed E-state index contributed by atoms with van der Waals surface area (Å²) in [6.45, 7) is 7.60. The summed E-state index contributed by atoms with van der Waals surface area (Å²) in [6, 6.07) is 8.23. The Morgan fingerprint density at radius 3 is 1.62 bits per heavy atom. The number of non-ortho nitro benzene ring substituents is 1. The fourth-order valence-electron chi connectivity index (χ4n) is 4.13. The van der Waals surface area contributed by atoms with E-state index in [4.69, 9.17) is 0 Å². The van der Waals surface area contributed by atoms with E-state index in [2.05, 4.69) is 0 Å². The number of aromatic nitrogens is 2. The van der Waals surface area contributed by atoms with Crippen LogP contribution < -0.4 is 11.1 Å². The van der Waals surface area contributed by atoms with Gasteiger partial charge in [-0.3, -0.25) is 19.7 Å². The lowest BCUT2D eigenvalue weighted by Gasteiger charge is -2.23. The summed E-state index contributed by atoms with van der Waals surface area (Å²) in [6.07, 6.45) is 0. The van der Waals surface area contributed by atoms with E-state index in [1.165, 1.54) is 45.5 Å². The fourth-order valence-corrected chi connectivity index (χ4v) is 4.13. The normalized spacial score (nSPS) is 11.2. The molecular formula is C23H25N3O6. The van der Waals surface area contributed by atoms with Gasteiger partial charge in [-0.25, -0.2) is 0 Å². The number of aryl methyl sites for hydroxylation is 2. The molecule has 0 aliphatic carbocycles. The first-order valence-corrected chi connectivity index (χ1v) is 10.2. The maximum atomic E-state index is 13.4. The number of nitro groups is 1. The molecule has 0 saturated heterocycles. The van der Waals surface area contributed by atoms with Crippen LogP contribution in [0.4, 0.5) is 5.69 Å². The van der Waals surface area contributed by atoms with Crippen molar-refractivity contribution in [2.45, 2.75) is 46.7 Å². The van der Waals surface area contributed by atoms with E-state index in [0.29, 0.717) is 30.0 Å². The summed E-state index contributed by atoms with van der Waals surface area (Å²) in [4.78, 5) is 37.2. The van der Waals surface area contributed by atoms with E-state index >= 15 is 0 Å². The lowest BCUT2D eigenvalue weighted by Crippen LogP contribution is -2.32. The molecule has 0 spiro atoms. The van der Waals surface area contributed by atoms with Gasteiger partial charge in [0, 0.05) is 36.6 Å². The van der Waals surface area contributed by atoms with Crippen molar-refractivity contribution in [3.8, 4) is 11.5 Å². The molecule has 9 nitrogen and oxygen atoms in total. The monoisotopic (exact) mass is 439 g/mol. The quantitative estimate of drug-likeness (QED) is 0.449. The van der Waals surface area contributed by atoms with Crippen LogP contribution in [0, 0.1) is 24.0 Å². The zero-order valence-electron chi connectivity index (χ0n) is 18.3. The molecule has 0 radical (unpaired) electrons. The van der Waals surface area contributed by atoms with Crippen LogP contribution in [0.15, 0.2) is 46.0 Å². The van der Waals surface area contributed by atoms with Crippen LogP contribution in [0.2, 0.25) is 0 Å². The molecule has 2 heterocycles. The predicted molar refractivity (Wildman–Crippen MR) is 120 cm³/mol. The number of hydrogen-bond acceptors (Lipinski definition) is 6. The van der Waals surface area contributed by atoms with Crippen molar-refractivity contribution in [3.63, 3.8) is 0 Å². The minimum Gasteiger partial charge on any atom is -0.507 e. The minimum absolute atomic E-state index is 0.0785. The number of nitrogens with zero attached hydrogens (tertiary/aromatic N) is 3. The van der Waals surface area contributed by atoms with Crippen LogP contribution in [0.25, 0.3) is 0 Å². The van der Waals surface area contributed by atoms with E-state index in [-0.39, 0.29) is 28.3 Å². The van der Waals surface area contributed by atoms with Gasteiger partial charge in [-0.05, 0) is 45.4 Å². The Balaban J connectivity index is 2.45. The molecule has 0 saturated carbocycles. The molecule has 32 heavy (non-hydrogen) atoms. The Hall–Kier alpha value is -3.88. The largest absolute Gasteiger partial charge is 0.507 e. The van der Waals surface area contributed by atoms with Crippen LogP contribution in [-0.4, -0.2) is 24.3 Å². The van der Waals surface area contributed by atoms with Crippen LogP contribution in [0.1, 0.15) is 47.8 Å². The Morgan fingerprint density at radius 2 is 1.28 bits per heavy atom. The Morgan fingerprint density at radius 1 is 0.875 bits per heavy atom. The average molecular weight is 439 g/mol. The summed E-state index contributed by atoms with van der Waals surface area (Å²) in [5.41, 5.74) is 0.113. The first-order valence-electron chi connectivity index (χ1n) is 10.2. The van der Waals surface area contributed by atoms with Gasteiger partial charge in [0.15, 0.2) is 0 Å². The van der Waals surface area contributed by atoms with Gasteiger partial charge in [0.2, 0.25) is 0 Å². The first kappa shape index (κ1) is 22.8. The van der Waals surface area contributed by atoms with E-state index in [1.54, 1.807) is 27.7 Å². The molecule has 9 heteroatoms. The maximum absolute atomic E-state index is 13.4. The van der Waals surface area contributed by atoms with E-state index in [0.717, 1.165) is 0 Å². The maximum Gasteiger partial charge on any atom is 0.269 e.